The van der Waals surface area contributed by atoms with E-state index >= 15 is 0 Å². The van der Waals surface area contributed by atoms with Gasteiger partial charge >= 0.3 is 0 Å². The predicted molar refractivity (Wildman–Crippen MR) is 92.8 cm³/mol. The summed E-state index contributed by atoms with van der Waals surface area (Å²) in [7, 11) is 0. The number of rotatable bonds is 2. The lowest BCUT2D eigenvalue weighted by molar-refractivity contribution is 0.0735. The minimum atomic E-state index is -0.0279. The van der Waals surface area contributed by atoms with Gasteiger partial charge in [-0.1, -0.05) is 12.1 Å². The first-order valence-corrected chi connectivity index (χ1v) is 8.29. The van der Waals surface area contributed by atoms with Gasteiger partial charge in [0.1, 0.15) is 0 Å². The van der Waals surface area contributed by atoms with E-state index in [1.807, 2.05) is 36.1 Å². The standard InChI is InChI=1S/C19H17N5O/c1-12-16-9-15(11-21-18(16)23-22-12)19(25)24-7-3-6-17(24)14-5-2-4-13(8-14)10-20/h2,4-5,8-9,11,17H,3,6-7H2,1H3,(H,21,22,23)/t17-/m1/s1. The molecule has 0 aliphatic carbocycles. The van der Waals surface area contributed by atoms with E-state index < -0.39 is 0 Å². The zero-order valence-electron chi connectivity index (χ0n) is 13.9. The van der Waals surface area contributed by atoms with Crippen molar-refractivity contribution < 1.29 is 4.79 Å². The van der Waals surface area contributed by atoms with Crippen LogP contribution in [0.5, 0.6) is 0 Å². The number of nitrogens with zero attached hydrogens (tertiary/aromatic N) is 4. The largest absolute Gasteiger partial charge is 0.332 e. The Hall–Kier alpha value is -3.20. The molecule has 1 saturated heterocycles. The third-order valence-electron chi connectivity index (χ3n) is 4.76. The summed E-state index contributed by atoms with van der Waals surface area (Å²) in [4.78, 5) is 19.2. The first-order chi connectivity index (χ1) is 12.2. The number of fused-ring (bicyclic) bond motifs is 1. The van der Waals surface area contributed by atoms with Gasteiger partial charge in [-0.15, -0.1) is 0 Å². The number of hydrogen-bond acceptors (Lipinski definition) is 4. The van der Waals surface area contributed by atoms with Gasteiger partial charge in [0.15, 0.2) is 5.65 Å². The van der Waals surface area contributed by atoms with E-state index in [0.29, 0.717) is 23.3 Å². The highest BCUT2D eigenvalue weighted by atomic mass is 16.2. The van der Waals surface area contributed by atoms with Crippen molar-refractivity contribution in [2.75, 3.05) is 6.54 Å². The quantitative estimate of drug-likeness (QED) is 0.782. The average molecular weight is 331 g/mol. The molecule has 3 aromatic rings. The first kappa shape index (κ1) is 15.3. The Balaban J connectivity index is 1.67. The molecular formula is C19H17N5O. The van der Waals surface area contributed by atoms with Gasteiger partial charge in [-0.05, 0) is 43.5 Å². The number of aryl methyl sites for hydroxylation is 1. The number of aromatic amines is 1. The van der Waals surface area contributed by atoms with Crippen molar-refractivity contribution in [3.63, 3.8) is 0 Å². The highest BCUT2D eigenvalue weighted by Gasteiger charge is 2.31. The van der Waals surface area contributed by atoms with Gasteiger partial charge in [0.25, 0.3) is 5.91 Å². The maximum Gasteiger partial charge on any atom is 0.255 e. The van der Waals surface area contributed by atoms with E-state index in [9.17, 15) is 4.79 Å². The normalized spacial score (nSPS) is 17.0. The van der Waals surface area contributed by atoms with Crippen LogP contribution in [0.25, 0.3) is 11.0 Å². The van der Waals surface area contributed by atoms with Gasteiger partial charge in [0.2, 0.25) is 0 Å². The van der Waals surface area contributed by atoms with Crippen LogP contribution < -0.4 is 0 Å². The van der Waals surface area contributed by atoms with Gasteiger partial charge in [-0.3, -0.25) is 9.89 Å². The topological polar surface area (TPSA) is 85.7 Å². The Labute approximate surface area is 145 Å². The molecule has 124 valence electrons. The van der Waals surface area contributed by atoms with Crippen LogP contribution in [0.2, 0.25) is 0 Å². The van der Waals surface area contributed by atoms with Crippen molar-refractivity contribution in [3.8, 4) is 6.07 Å². The molecule has 25 heavy (non-hydrogen) atoms. The molecule has 0 bridgehead atoms. The fourth-order valence-corrected chi connectivity index (χ4v) is 3.47. The Morgan fingerprint density at radius 3 is 3.12 bits per heavy atom. The smallest absolute Gasteiger partial charge is 0.255 e. The fourth-order valence-electron chi connectivity index (χ4n) is 3.47. The molecule has 1 aliphatic heterocycles. The van der Waals surface area contributed by atoms with Crippen LogP contribution in [0.3, 0.4) is 0 Å². The molecule has 1 N–H and O–H groups in total. The van der Waals surface area contributed by atoms with E-state index in [1.54, 1.807) is 12.3 Å². The highest BCUT2D eigenvalue weighted by Crippen LogP contribution is 2.33. The third kappa shape index (κ3) is 2.64. The van der Waals surface area contributed by atoms with E-state index in [4.69, 9.17) is 5.26 Å². The molecule has 0 radical (unpaired) electrons. The average Bonchev–Trinajstić information content (AvgIpc) is 3.28. The first-order valence-electron chi connectivity index (χ1n) is 8.29. The highest BCUT2D eigenvalue weighted by molar-refractivity contribution is 5.97. The van der Waals surface area contributed by atoms with Crippen molar-refractivity contribution in [1.29, 1.82) is 5.26 Å². The molecule has 3 heterocycles. The molecule has 1 aromatic carbocycles. The zero-order valence-corrected chi connectivity index (χ0v) is 13.9. The summed E-state index contributed by atoms with van der Waals surface area (Å²) >= 11 is 0. The molecule has 0 unspecified atom stereocenters. The SMILES string of the molecule is Cc1[nH]nc2ncc(C(=O)N3CCC[C@@H]3c3cccc(C#N)c3)cc12. The number of benzene rings is 1. The van der Waals surface area contributed by atoms with Crippen molar-refractivity contribution >= 4 is 16.9 Å². The molecule has 1 fully saturated rings. The minimum Gasteiger partial charge on any atom is -0.332 e. The zero-order chi connectivity index (χ0) is 17.4. The van der Waals surface area contributed by atoms with Crippen molar-refractivity contribution in [2.24, 2.45) is 0 Å². The van der Waals surface area contributed by atoms with Crippen LogP contribution >= 0.6 is 0 Å². The Kier molecular flexibility index (Phi) is 3.69. The van der Waals surface area contributed by atoms with Crippen molar-refractivity contribution in [2.45, 2.75) is 25.8 Å². The fraction of sp³-hybridized carbons (Fsp3) is 0.263. The lowest BCUT2D eigenvalue weighted by Gasteiger charge is -2.25. The molecule has 2 aromatic heterocycles. The van der Waals surface area contributed by atoms with Gasteiger partial charge < -0.3 is 4.90 Å². The number of nitriles is 1. The Morgan fingerprint density at radius 1 is 1.40 bits per heavy atom. The van der Waals surface area contributed by atoms with Crippen LogP contribution in [0, 0.1) is 18.3 Å². The molecule has 0 spiro atoms. The number of amides is 1. The maximum atomic E-state index is 13.1. The van der Waals surface area contributed by atoms with Gasteiger partial charge in [0.05, 0.1) is 23.2 Å². The molecule has 6 nitrogen and oxygen atoms in total. The number of likely N-dealkylation sites (tertiary alicyclic amines) is 1. The summed E-state index contributed by atoms with van der Waals surface area (Å²) in [6, 6.07) is 11.5. The lowest BCUT2D eigenvalue weighted by atomic mass is 10.0. The van der Waals surface area contributed by atoms with Crippen LogP contribution in [0.15, 0.2) is 36.5 Å². The van der Waals surface area contributed by atoms with Crippen molar-refractivity contribution in [1.82, 2.24) is 20.1 Å². The predicted octanol–water partition coefficient (Wildman–Crippen LogP) is 3.12. The third-order valence-corrected chi connectivity index (χ3v) is 4.76. The number of carbonyl (C=O) groups is 1. The van der Waals surface area contributed by atoms with Gasteiger partial charge in [-0.25, -0.2) is 4.98 Å². The number of carbonyl (C=O) groups excluding carboxylic acids is 1. The number of pyridine rings is 1. The van der Waals surface area contributed by atoms with Gasteiger partial charge in [0, 0.05) is 23.8 Å². The Bertz CT molecular complexity index is 1000. The van der Waals surface area contributed by atoms with Crippen LogP contribution in [-0.2, 0) is 0 Å². The molecule has 1 aliphatic rings. The van der Waals surface area contributed by atoms with E-state index in [1.165, 1.54) is 0 Å². The molecular weight excluding hydrogens is 314 g/mol. The summed E-state index contributed by atoms with van der Waals surface area (Å²) in [5.74, 6) is -0.0279. The number of H-pyrrole nitrogens is 1. The summed E-state index contributed by atoms with van der Waals surface area (Å²) in [5, 5.41) is 17.0. The second kappa shape index (κ2) is 6.02. The molecule has 6 heteroatoms. The number of hydrogen-bond donors (Lipinski definition) is 1. The summed E-state index contributed by atoms with van der Waals surface area (Å²) < 4.78 is 0. The maximum absolute atomic E-state index is 13.1. The summed E-state index contributed by atoms with van der Waals surface area (Å²) in [6.45, 7) is 2.63. The van der Waals surface area contributed by atoms with Crippen LogP contribution in [0.1, 0.15) is 46.1 Å². The second-order valence-electron chi connectivity index (χ2n) is 6.34. The number of aromatic nitrogens is 3. The lowest BCUT2D eigenvalue weighted by Crippen LogP contribution is -2.30. The molecule has 0 saturated carbocycles. The molecule has 1 amide bonds. The summed E-state index contributed by atoms with van der Waals surface area (Å²) in [5.41, 5.74) is 3.72. The number of nitrogens with one attached hydrogen (secondary N) is 1. The molecule has 4 rings (SSSR count). The van der Waals surface area contributed by atoms with Crippen LogP contribution in [-0.4, -0.2) is 32.5 Å². The van der Waals surface area contributed by atoms with E-state index in [-0.39, 0.29) is 11.9 Å². The van der Waals surface area contributed by atoms with Gasteiger partial charge in [-0.2, -0.15) is 10.4 Å². The van der Waals surface area contributed by atoms with Crippen molar-refractivity contribution in [3.05, 3.63) is 58.9 Å². The van der Waals surface area contributed by atoms with E-state index in [2.05, 4.69) is 21.3 Å². The molecule has 1 atom stereocenters. The van der Waals surface area contributed by atoms with Crippen LogP contribution in [0.4, 0.5) is 0 Å². The monoisotopic (exact) mass is 331 g/mol. The second-order valence-corrected chi connectivity index (χ2v) is 6.34. The summed E-state index contributed by atoms with van der Waals surface area (Å²) in [6.07, 6.45) is 3.45. The minimum absolute atomic E-state index is 0.00180. The van der Waals surface area contributed by atoms with E-state index in [0.717, 1.165) is 29.5 Å². The Morgan fingerprint density at radius 2 is 2.28 bits per heavy atom.